The molecule has 0 spiro atoms. The fourth-order valence-corrected chi connectivity index (χ4v) is 3.08. The number of nitro groups is 1. The van der Waals surface area contributed by atoms with Crippen LogP contribution in [0.5, 0.6) is 11.5 Å². The number of rotatable bonds is 8. The number of non-ortho nitro benzene ring substituents is 1. The summed E-state index contributed by atoms with van der Waals surface area (Å²) in [5.74, 6) is -0.499. The maximum absolute atomic E-state index is 12.4. The third-order valence-corrected chi connectivity index (χ3v) is 5.14. The smallest absolute Gasteiger partial charge is 0.344 e. The number of hydrazine groups is 1. The Bertz CT molecular complexity index is 1070. The molecular weight excluding hydrogens is 420 g/mol. The second-order valence-corrected chi connectivity index (χ2v) is 7.25. The summed E-state index contributed by atoms with van der Waals surface area (Å²) in [6, 6.07) is 10.0. The predicted octanol–water partition coefficient (Wildman–Crippen LogP) is 2.40. The number of ether oxygens (including phenoxy) is 2. The second-order valence-electron chi connectivity index (χ2n) is 7.25. The summed E-state index contributed by atoms with van der Waals surface area (Å²) in [5.41, 5.74) is 1.99. The molecule has 168 valence electrons. The predicted molar refractivity (Wildman–Crippen MR) is 113 cm³/mol. The van der Waals surface area contributed by atoms with Crippen molar-refractivity contribution in [1.82, 2.24) is 15.8 Å². The summed E-state index contributed by atoms with van der Waals surface area (Å²) >= 11 is 0. The largest absolute Gasteiger partial charge is 0.497 e. The van der Waals surface area contributed by atoms with Crippen LogP contribution in [0.3, 0.4) is 0 Å². The molecule has 0 aliphatic carbocycles. The summed E-state index contributed by atoms with van der Waals surface area (Å²) in [4.78, 5) is 47.4. The maximum atomic E-state index is 12.4. The first-order valence-corrected chi connectivity index (χ1v) is 9.70. The van der Waals surface area contributed by atoms with Crippen LogP contribution < -0.4 is 20.2 Å². The lowest BCUT2D eigenvalue weighted by atomic mass is 10.00. The van der Waals surface area contributed by atoms with Gasteiger partial charge in [-0.25, -0.2) is 4.79 Å². The number of carbonyl (C=O) groups is 3. The van der Waals surface area contributed by atoms with E-state index in [1.165, 1.54) is 25.3 Å². The van der Waals surface area contributed by atoms with Gasteiger partial charge in [0, 0.05) is 17.7 Å². The Morgan fingerprint density at radius 3 is 2.47 bits per heavy atom. The van der Waals surface area contributed by atoms with Gasteiger partial charge in [-0.15, -0.1) is 0 Å². The van der Waals surface area contributed by atoms with Gasteiger partial charge in [0.2, 0.25) is 0 Å². The number of carbonyl (C=O) groups excluding carboxylic acids is 3. The molecule has 32 heavy (non-hydrogen) atoms. The number of benzene rings is 2. The van der Waals surface area contributed by atoms with Gasteiger partial charge in [0.15, 0.2) is 6.61 Å². The minimum absolute atomic E-state index is 0.147. The van der Waals surface area contributed by atoms with Gasteiger partial charge >= 0.3 is 6.03 Å². The molecule has 0 aromatic heterocycles. The van der Waals surface area contributed by atoms with Crippen molar-refractivity contribution in [1.29, 1.82) is 0 Å². The topological polar surface area (TPSA) is 140 Å². The molecule has 11 heteroatoms. The lowest BCUT2D eigenvalue weighted by Gasteiger charge is -2.19. The Hall–Kier alpha value is -4.15. The van der Waals surface area contributed by atoms with E-state index in [9.17, 15) is 24.5 Å². The van der Waals surface area contributed by atoms with Gasteiger partial charge in [0.1, 0.15) is 17.0 Å². The van der Waals surface area contributed by atoms with Crippen LogP contribution in [0.15, 0.2) is 42.5 Å². The van der Waals surface area contributed by atoms with Gasteiger partial charge in [-0.2, -0.15) is 5.01 Å². The van der Waals surface area contributed by atoms with E-state index in [0.29, 0.717) is 28.3 Å². The van der Waals surface area contributed by atoms with Crippen LogP contribution in [0.25, 0.3) is 11.1 Å². The maximum Gasteiger partial charge on any atom is 0.344 e. The summed E-state index contributed by atoms with van der Waals surface area (Å²) in [6.07, 6.45) is 0.356. The van der Waals surface area contributed by atoms with E-state index >= 15 is 0 Å². The highest BCUT2D eigenvalue weighted by molar-refractivity contribution is 6.07. The van der Waals surface area contributed by atoms with Crippen molar-refractivity contribution in [3.05, 3.63) is 52.6 Å². The second kappa shape index (κ2) is 8.92. The van der Waals surface area contributed by atoms with Crippen molar-refractivity contribution in [3.63, 3.8) is 0 Å². The standard InChI is InChI=1S/C21H22N4O7/c1-4-21(2)19(27)24(20(28)22-21)23-18(26)12-32-17-10-7-14(25(29)30)11-16(17)13-5-8-15(31-3)9-6-13/h5-11H,4,12H2,1-3H3,(H,22,28)(H,23,26). The number of hydrogen-bond acceptors (Lipinski definition) is 7. The molecule has 2 N–H and O–H groups in total. The first-order valence-electron chi connectivity index (χ1n) is 9.70. The van der Waals surface area contributed by atoms with Gasteiger partial charge in [-0.05, 0) is 37.1 Å². The molecule has 4 amide bonds. The molecular formula is C21H22N4O7. The molecule has 1 unspecified atom stereocenters. The molecule has 2 aromatic rings. The SMILES string of the molecule is CCC1(C)NC(=O)N(NC(=O)COc2ccc([N+](=O)[O-])cc2-c2ccc(OC)cc2)C1=O. The van der Waals surface area contributed by atoms with Crippen molar-refractivity contribution in [3.8, 4) is 22.6 Å². The number of hydrogen-bond donors (Lipinski definition) is 2. The van der Waals surface area contributed by atoms with E-state index in [1.807, 2.05) is 0 Å². The first-order chi connectivity index (χ1) is 15.2. The molecule has 1 heterocycles. The number of methoxy groups -OCH3 is 1. The van der Waals surface area contributed by atoms with E-state index in [4.69, 9.17) is 9.47 Å². The van der Waals surface area contributed by atoms with Crippen molar-refractivity contribution in [2.24, 2.45) is 0 Å². The Kier molecular flexibility index (Phi) is 6.28. The van der Waals surface area contributed by atoms with Crippen molar-refractivity contribution >= 4 is 23.5 Å². The molecule has 2 aromatic carbocycles. The lowest BCUT2D eigenvalue weighted by molar-refractivity contribution is -0.384. The molecule has 0 bridgehead atoms. The minimum Gasteiger partial charge on any atom is -0.497 e. The fourth-order valence-electron chi connectivity index (χ4n) is 3.08. The number of nitro benzene ring substituents is 1. The van der Waals surface area contributed by atoms with E-state index in [2.05, 4.69) is 10.7 Å². The van der Waals surface area contributed by atoms with Crippen LogP contribution >= 0.6 is 0 Å². The number of nitrogens with zero attached hydrogens (tertiary/aromatic N) is 2. The summed E-state index contributed by atoms with van der Waals surface area (Å²) < 4.78 is 10.7. The number of urea groups is 1. The molecule has 0 radical (unpaired) electrons. The third kappa shape index (κ3) is 4.46. The molecule has 11 nitrogen and oxygen atoms in total. The monoisotopic (exact) mass is 442 g/mol. The number of imide groups is 1. The average Bonchev–Trinajstić information content (AvgIpc) is 3.01. The minimum atomic E-state index is -1.09. The molecule has 1 atom stereocenters. The van der Waals surface area contributed by atoms with E-state index in [1.54, 1.807) is 38.1 Å². The van der Waals surface area contributed by atoms with Gasteiger partial charge in [0.25, 0.3) is 17.5 Å². The normalized spacial score (nSPS) is 17.7. The highest BCUT2D eigenvalue weighted by atomic mass is 16.6. The van der Waals surface area contributed by atoms with Crippen LogP contribution in [0.1, 0.15) is 20.3 Å². The van der Waals surface area contributed by atoms with Crippen molar-refractivity contribution < 1.29 is 28.8 Å². The van der Waals surface area contributed by atoms with Gasteiger partial charge in [0.05, 0.1) is 12.0 Å². The van der Waals surface area contributed by atoms with E-state index in [-0.39, 0.29) is 11.4 Å². The first kappa shape index (κ1) is 22.5. The molecule has 1 aliphatic heterocycles. The Morgan fingerprint density at radius 2 is 1.91 bits per heavy atom. The highest BCUT2D eigenvalue weighted by Crippen LogP contribution is 2.34. The van der Waals surface area contributed by atoms with Gasteiger partial charge < -0.3 is 14.8 Å². The van der Waals surface area contributed by atoms with Crippen LogP contribution in [0.2, 0.25) is 0 Å². The molecule has 1 fully saturated rings. The highest BCUT2D eigenvalue weighted by Gasteiger charge is 2.47. The van der Waals surface area contributed by atoms with Crippen LogP contribution in [0.4, 0.5) is 10.5 Å². The third-order valence-electron chi connectivity index (χ3n) is 5.14. The Morgan fingerprint density at radius 1 is 1.22 bits per heavy atom. The summed E-state index contributed by atoms with van der Waals surface area (Å²) in [7, 11) is 1.52. The van der Waals surface area contributed by atoms with E-state index in [0.717, 1.165) is 0 Å². The van der Waals surface area contributed by atoms with E-state index < -0.39 is 34.9 Å². The van der Waals surface area contributed by atoms with Crippen molar-refractivity contribution in [2.75, 3.05) is 13.7 Å². The van der Waals surface area contributed by atoms with Crippen LogP contribution in [-0.2, 0) is 9.59 Å². The van der Waals surface area contributed by atoms with Crippen molar-refractivity contribution in [2.45, 2.75) is 25.8 Å². The van der Waals surface area contributed by atoms with Gasteiger partial charge in [-0.3, -0.25) is 25.1 Å². The molecule has 1 saturated heterocycles. The number of nitrogens with one attached hydrogen (secondary N) is 2. The lowest BCUT2D eigenvalue weighted by Crippen LogP contribution is -2.49. The molecule has 3 rings (SSSR count). The van der Waals surface area contributed by atoms with Crippen LogP contribution in [0, 0.1) is 10.1 Å². The van der Waals surface area contributed by atoms with Crippen LogP contribution in [-0.4, -0.2) is 47.0 Å². The quantitative estimate of drug-likeness (QED) is 0.363. The van der Waals surface area contributed by atoms with Gasteiger partial charge in [-0.1, -0.05) is 19.1 Å². The summed E-state index contributed by atoms with van der Waals surface area (Å²) in [6.45, 7) is 2.77. The molecule has 0 saturated carbocycles. The molecule has 1 aliphatic rings. The zero-order chi connectivity index (χ0) is 23.5. The Labute approximate surface area is 183 Å². The zero-order valence-electron chi connectivity index (χ0n) is 17.7. The average molecular weight is 442 g/mol. The number of amides is 4. The Balaban J connectivity index is 1.77. The fraction of sp³-hybridized carbons (Fsp3) is 0.286. The zero-order valence-corrected chi connectivity index (χ0v) is 17.7. The summed E-state index contributed by atoms with van der Waals surface area (Å²) in [5, 5.41) is 14.3.